The van der Waals surface area contributed by atoms with Gasteiger partial charge in [0, 0.05) is 0 Å². The van der Waals surface area contributed by atoms with Crippen LogP contribution in [-0.4, -0.2) is 0 Å². The van der Waals surface area contributed by atoms with Gasteiger partial charge in [-0.25, -0.2) is 0 Å². The molecule has 0 nitrogen and oxygen atoms in total. The first-order chi connectivity index (χ1) is 13.9. The minimum Gasteiger partial charge on any atom is -0.0616 e. The van der Waals surface area contributed by atoms with Crippen LogP contribution < -0.4 is 0 Å². The second-order valence-electron chi connectivity index (χ2n) is 7.18. The number of hydrogen-bond acceptors (Lipinski definition) is 0. The molecule has 6 aromatic rings. The van der Waals surface area contributed by atoms with Crippen LogP contribution in [-0.2, 0) is 0 Å². The molecule has 0 saturated carbocycles. The zero-order chi connectivity index (χ0) is 18.5. The van der Waals surface area contributed by atoms with Gasteiger partial charge in [-0.2, -0.15) is 0 Å². The lowest BCUT2D eigenvalue weighted by Crippen LogP contribution is -1.90. The van der Waals surface area contributed by atoms with Gasteiger partial charge < -0.3 is 0 Å². The van der Waals surface area contributed by atoms with Crippen LogP contribution in [0.15, 0.2) is 97.1 Å². The molecule has 0 spiro atoms. The number of rotatable bonds is 1. The average molecular weight is 352 g/mol. The van der Waals surface area contributed by atoms with Gasteiger partial charge in [0.15, 0.2) is 0 Å². The lowest BCUT2D eigenvalue weighted by atomic mass is 9.86. The molecule has 128 valence electrons. The second kappa shape index (κ2) is 5.94. The summed E-state index contributed by atoms with van der Waals surface area (Å²) in [6.45, 7) is 0. The zero-order valence-electron chi connectivity index (χ0n) is 15.2. The summed E-state index contributed by atoms with van der Waals surface area (Å²) >= 11 is 0. The van der Waals surface area contributed by atoms with E-state index < -0.39 is 0 Å². The van der Waals surface area contributed by atoms with Crippen LogP contribution in [0.25, 0.3) is 54.2 Å². The van der Waals surface area contributed by atoms with E-state index in [9.17, 15) is 0 Å². The van der Waals surface area contributed by atoms with E-state index in [0.29, 0.717) is 0 Å². The van der Waals surface area contributed by atoms with Crippen molar-refractivity contribution in [3.63, 3.8) is 0 Å². The molecule has 0 bridgehead atoms. The van der Waals surface area contributed by atoms with Crippen LogP contribution in [0, 0.1) is 12.1 Å². The molecule has 0 fully saturated rings. The molecule has 0 heteroatoms. The number of fused-ring (bicyclic) bond motifs is 4. The smallest absolute Gasteiger partial charge is 0.00139 e. The molecular weight excluding hydrogens is 336 g/mol. The van der Waals surface area contributed by atoms with E-state index in [1.807, 2.05) is 0 Å². The Bertz CT molecular complexity index is 1280. The van der Waals surface area contributed by atoms with Crippen molar-refractivity contribution < 1.29 is 0 Å². The predicted molar refractivity (Wildman–Crippen MR) is 120 cm³/mol. The molecule has 0 saturated heterocycles. The minimum absolute atomic E-state index is 1.15. The first kappa shape index (κ1) is 15.4. The number of hydrogen-bond donors (Lipinski definition) is 0. The molecule has 0 aliphatic carbocycles. The van der Waals surface area contributed by atoms with Crippen LogP contribution in [0.5, 0.6) is 0 Å². The molecule has 0 aromatic heterocycles. The lowest BCUT2D eigenvalue weighted by Gasteiger charge is -2.16. The van der Waals surface area contributed by atoms with E-state index in [1.54, 1.807) is 0 Å². The first-order valence-corrected chi connectivity index (χ1v) is 9.56. The molecule has 6 rings (SSSR count). The molecule has 0 atom stereocenters. The molecule has 0 amide bonds. The lowest BCUT2D eigenvalue weighted by molar-refractivity contribution is 1.72. The van der Waals surface area contributed by atoms with Gasteiger partial charge in [-0.1, -0.05) is 97.1 Å². The van der Waals surface area contributed by atoms with Gasteiger partial charge in [0.25, 0.3) is 0 Å². The van der Waals surface area contributed by atoms with Gasteiger partial charge in [-0.3, -0.25) is 0 Å². The molecular formula is C28H16. The third-order valence-corrected chi connectivity index (χ3v) is 5.57. The highest BCUT2D eigenvalue weighted by Gasteiger charge is 2.15. The van der Waals surface area contributed by atoms with E-state index in [0.717, 1.165) is 21.5 Å². The summed E-state index contributed by atoms with van der Waals surface area (Å²) < 4.78 is 0. The van der Waals surface area contributed by atoms with Crippen LogP contribution in [0.2, 0.25) is 0 Å². The normalized spacial score (nSPS) is 11.6. The van der Waals surface area contributed by atoms with Crippen molar-refractivity contribution in [2.24, 2.45) is 0 Å². The van der Waals surface area contributed by atoms with Gasteiger partial charge in [0.2, 0.25) is 0 Å². The summed E-state index contributed by atoms with van der Waals surface area (Å²) in [6.07, 6.45) is 0. The van der Waals surface area contributed by atoms with E-state index >= 15 is 0 Å². The minimum atomic E-state index is 1.15. The summed E-state index contributed by atoms with van der Waals surface area (Å²) in [5.41, 5.74) is 2.57. The average Bonchev–Trinajstić information content (AvgIpc) is 2.76. The van der Waals surface area contributed by atoms with E-state index in [1.165, 1.54) is 32.7 Å². The standard InChI is InChI=1S/C28H16/c1-5-13-23-19(9-1)17-20-10-2-6-14-24(20)27(23)28-25-15-7-3-11-21(25)18-22-12-4-8-16-26(22)28/h1-16H. The van der Waals surface area contributed by atoms with E-state index in [4.69, 9.17) is 0 Å². The summed E-state index contributed by atoms with van der Waals surface area (Å²) in [6, 6.07) is 41.5. The van der Waals surface area contributed by atoms with Gasteiger partial charge >= 0.3 is 0 Å². The monoisotopic (exact) mass is 352 g/mol. The van der Waals surface area contributed by atoms with Gasteiger partial charge in [0.1, 0.15) is 0 Å². The van der Waals surface area contributed by atoms with Crippen LogP contribution in [0.1, 0.15) is 0 Å². The molecule has 2 radical (unpaired) electrons. The molecule has 28 heavy (non-hydrogen) atoms. The van der Waals surface area contributed by atoms with Crippen molar-refractivity contribution >= 4 is 43.1 Å². The third-order valence-electron chi connectivity index (χ3n) is 5.57. The van der Waals surface area contributed by atoms with Crippen molar-refractivity contribution in [2.45, 2.75) is 0 Å². The summed E-state index contributed by atoms with van der Waals surface area (Å²) in [7, 11) is 0. The predicted octanol–water partition coefficient (Wildman–Crippen LogP) is 7.57. The second-order valence-corrected chi connectivity index (χ2v) is 7.18. The quantitative estimate of drug-likeness (QED) is 0.268. The van der Waals surface area contributed by atoms with Crippen LogP contribution >= 0.6 is 0 Å². The van der Waals surface area contributed by atoms with Crippen molar-refractivity contribution in [2.75, 3.05) is 0 Å². The Morgan fingerprint density at radius 3 is 0.857 bits per heavy atom. The Balaban J connectivity index is 1.95. The highest BCUT2D eigenvalue weighted by atomic mass is 14.2. The fraction of sp³-hybridized carbons (Fsp3) is 0. The van der Waals surface area contributed by atoms with Crippen LogP contribution in [0.3, 0.4) is 0 Å². The molecule has 0 heterocycles. The maximum absolute atomic E-state index is 3.61. The Hall–Kier alpha value is -3.64. The Morgan fingerprint density at radius 1 is 0.321 bits per heavy atom. The Kier molecular flexibility index (Phi) is 3.27. The first-order valence-electron chi connectivity index (χ1n) is 9.56. The largest absolute Gasteiger partial charge is 0.0616 e. The topological polar surface area (TPSA) is 0 Å². The fourth-order valence-electron chi connectivity index (χ4n) is 4.36. The third kappa shape index (κ3) is 2.18. The van der Waals surface area contributed by atoms with Crippen molar-refractivity contribution in [1.82, 2.24) is 0 Å². The zero-order valence-corrected chi connectivity index (χ0v) is 15.2. The maximum atomic E-state index is 3.61. The SMILES string of the molecule is [c]1c2ccccc2c(-c2c3ccccc3[c]c3ccccc23)c2ccccc12. The molecule has 0 N–H and O–H groups in total. The fourth-order valence-corrected chi connectivity index (χ4v) is 4.36. The molecule has 0 unspecified atom stereocenters. The van der Waals surface area contributed by atoms with Gasteiger partial charge in [-0.15, -0.1) is 0 Å². The molecule has 6 aromatic carbocycles. The van der Waals surface area contributed by atoms with Gasteiger partial charge in [0.05, 0.1) is 0 Å². The Labute approximate surface area is 163 Å². The summed E-state index contributed by atoms with van der Waals surface area (Å²) in [5, 5.41) is 9.56. The Morgan fingerprint density at radius 2 is 0.571 bits per heavy atom. The van der Waals surface area contributed by atoms with Crippen molar-refractivity contribution in [1.29, 1.82) is 0 Å². The van der Waals surface area contributed by atoms with Crippen molar-refractivity contribution in [3.05, 3.63) is 109 Å². The van der Waals surface area contributed by atoms with E-state index in [-0.39, 0.29) is 0 Å². The van der Waals surface area contributed by atoms with Gasteiger partial charge in [-0.05, 0) is 66.3 Å². The van der Waals surface area contributed by atoms with Crippen LogP contribution in [0.4, 0.5) is 0 Å². The highest BCUT2D eigenvalue weighted by molar-refractivity contribution is 6.22. The number of benzene rings is 6. The summed E-state index contributed by atoms with van der Waals surface area (Å²) in [4.78, 5) is 0. The van der Waals surface area contributed by atoms with E-state index in [2.05, 4.69) is 109 Å². The maximum Gasteiger partial charge on any atom is -0.00139 e. The molecule has 0 aliphatic heterocycles. The van der Waals surface area contributed by atoms with Crippen molar-refractivity contribution in [3.8, 4) is 11.1 Å². The molecule has 0 aliphatic rings. The summed E-state index contributed by atoms with van der Waals surface area (Å²) in [5.74, 6) is 0. The highest BCUT2D eigenvalue weighted by Crippen LogP contribution is 2.43.